The number of allylic oxidation sites excluding steroid dienone is 1. The molecule has 118 valence electrons. The summed E-state index contributed by atoms with van der Waals surface area (Å²) in [5, 5.41) is 2.61. The highest BCUT2D eigenvalue weighted by Gasteiger charge is 2.07. The molecule has 0 amide bonds. The molecule has 0 heteroatoms. The summed E-state index contributed by atoms with van der Waals surface area (Å²) in [7, 11) is 0. The normalized spacial score (nSPS) is 14.0. The van der Waals surface area contributed by atoms with Crippen molar-refractivity contribution in [1.29, 1.82) is 0 Å². The van der Waals surface area contributed by atoms with E-state index in [1.54, 1.807) is 0 Å². The van der Waals surface area contributed by atoms with Crippen molar-refractivity contribution in [1.82, 2.24) is 0 Å². The van der Waals surface area contributed by atoms with E-state index in [9.17, 15) is 0 Å². The Bertz CT molecular complexity index is 970. The van der Waals surface area contributed by atoms with Gasteiger partial charge in [-0.25, -0.2) is 0 Å². The van der Waals surface area contributed by atoms with Gasteiger partial charge >= 0.3 is 0 Å². The van der Waals surface area contributed by atoms with Crippen molar-refractivity contribution in [2.45, 2.75) is 26.7 Å². The average molecular weight is 310 g/mol. The maximum atomic E-state index is 2.33. The highest BCUT2D eigenvalue weighted by molar-refractivity contribution is 5.86. The Morgan fingerprint density at radius 2 is 1.42 bits per heavy atom. The van der Waals surface area contributed by atoms with Crippen LogP contribution in [-0.4, -0.2) is 0 Å². The lowest BCUT2D eigenvalue weighted by Crippen LogP contribution is -1.97. The largest absolute Gasteiger partial charge is 0.0724 e. The molecule has 24 heavy (non-hydrogen) atoms. The fourth-order valence-electron chi connectivity index (χ4n) is 3.44. The smallest absolute Gasteiger partial charge is 0.0178 e. The van der Waals surface area contributed by atoms with Gasteiger partial charge in [0.1, 0.15) is 0 Å². The third-order valence-electron chi connectivity index (χ3n) is 4.85. The molecule has 0 atom stereocenters. The Labute approximate surface area is 144 Å². The van der Waals surface area contributed by atoms with Crippen molar-refractivity contribution >= 4 is 29.0 Å². The summed E-state index contributed by atoms with van der Waals surface area (Å²) in [6, 6.07) is 20.1. The molecule has 0 aliphatic heterocycles. The van der Waals surface area contributed by atoms with Crippen molar-refractivity contribution in [2.24, 2.45) is 0 Å². The van der Waals surface area contributed by atoms with E-state index in [4.69, 9.17) is 0 Å². The van der Waals surface area contributed by atoms with Crippen molar-refractivity contribution in [3.63, 3.8) is 0 Å². The number of rotatable bonds is 2. The topological polar surface area (TPSA) is 0 Å². The average Bonchev–Trinajstić information content (AvgIpc) is 2.60. The van der Waals surface area contributed by atoms with Crippen molar-refractivity contribution in [3.05, 3.63) is 88.0 Å². The maximum Gasteiger partial charge on any atom is -0.0178 e. The summed E-state index contributed by atoms with van der Waals surface area (Å²) in [6.45, 7) is 4.36. The zero-order valence-corrected chi connectivity index (χ0v) is 14.3. The van der Waals surface area contributed by atoms with Crippen LogP contribution in [0.25, 0.3) is 29.0 Å². The zero-order valence-electron chi connectivity index (χ0n) is 14.3. The second kappa shape index (κ2) is 6.13. The van der Waals surface area contributed by atoms with E-state index < -0.39 is 0 Å². The second-order valence-corrected chi connectivity index (χ2v) is 6.89. The molecular weight excluding hydrogens is 288 g/mol. The number of benzene rings is 3. The van der Waals surface area contributed by atoms with E-state index in [-0.39, 0.29) is 0 Å². The fraction of sp³-hybridized carbons (Fsp3) is 0.167. The molecule has 1 aliphatic rings. The Hall–Kier alpha value is -2.60. The molecule has 0 radical (unpaired) electrons. The van der Waals surface area contributed by atoms with E-state index in [0.717, 1.165) is 6.42 Å². The van der Waals surface area contributed by atoms with Gasteiger partial charge in [0, 0.05) is 0 Å². The first-order valence-corrected chi connectivity index (χ1v) is 8.66. The van der Waals surface area contributed by atoms with Crippen LogP contribution in [0, 0.1) is 6.92 Å². The van der Waals surface area contributed by atoms with Gasteiger partial charge < -0.3 is 0 Å². The molecule has 0 bridgehead atoms. The molecule has 4 rings (SSSR count). The highest BCUT2D eigenvalue weighted by Crippen LogP contribution is 2.25. The number of hydrogen-bond donors (Lipinski definition) is 0. The Morgan fingerprint density at radius 1 is 0.708 bits per heavy atom. The lowest BCUT2D eigenvalue weighted by atomic mass is 9.91. The van der Waals surface area contributed by atoms with E-state index in [2.05, 4.69) is 86.7 Å². The van der Waals surface area contributed by atoms with Crippen LogP contribution in [-0.2, 0) is 6.42 Å². The summed E-state index contributed by atoms with van der Waals surface area (Å²) >= 11 is 0. The van der Waals surface area contributed by atoms with E-state index in [0.29, 0.717) is 0 Å². The molecule has 0 saturated heterocycles. The molecule has 0 spiro atoms. The quantitative estimate of drug-likeness (QED) is 0.464. The minimum atomic E-state index is 1.16. The zero-order chi connectivity index (χ0) is 16.5. The van der Waals surface area contributed by atoms with Gasteiger partial charge in [-0.05, 0) is 65.8 Å². The molecule has 0 saturated carbocycles. The molecule has 3 aromatic rings. The van der Waals surface area contributed by atoms with E-state index >= 15 is 0 Å². The van der Waals surface area contributed by atoms with Crippen LogP contribution >= 0.6 is 0 Å². The molecule has 0 unspecified atom stereocenters. The van der Waals surface area contributed by atoms with Crippen LogP contribution < -0.4 is 0 Å². The van der Waals surface area contributed by atoms with Crippen LogP contribution in [0.15, 0.2) is 60.2 Å². The maximum absolute atomic E-state index is 2.33. The third kappa shape index (κ3) is 3.05. The van der Waals surface area contributed by atoms with Crippen LogP contribution in [0.2, 0.25) is 0 Å². The Balaban J connectivity index is 1.62. The van der Waals surface area contributed by atoms with E-state index in [1.807, 2.05) is 0 Å². The Morgan fingerprint density at radius 3 is 2.29 bits per heavy atom. The predicted octanol–water partition coefficient (Wildman–Crippen LogP) is 6.67. The molecular formula is C24H22. The van der Waals surface area contributed by atoms with Gasteiger partial charge in [0.2, 0.25) is 0 Å². The lowest BCUT2D eigenvalue weighted by Gasteiger charge is -2.14. The van der Waals surface area contributed by atoms with Gasteiger partial charge in [-0.15, -0.1) is 0 Å². The highest BCUT2D eigenvalue weighted by atomic mass is 14.1. The summed E-state index contributed by atoms with van der Waals surface area (Å²) in [6.07, 6.45) is 9.10. The van der Waals surface area contributed by atoms with E-state index in [1.165, 1.54) is 50.6 Å². The summed E-state index contributed by atoms with van der Waals surface area (Å²) in [4.78, 5) is 0. The SMILES string of the molecule is CC1=Cc2ccc(C=Cc3ccc4cc(C)ccc4c3)cc2CC1. The van der Waals surface area contributed by atoms with Crippen LogP contribution in [0.3, 0.4) is 0 Å². The van der Waals surface area contributed by atoms with Crippen LogP contribution in [0.1, 0.15) is 41.2 Å². The van der Waals surface area contributed by atoms with Gasteiger partial charge in [-0.1, -0.05) is 77.9 Å². The first-order valence-electron chi connectivity index (χ1n) is 8.66. The molecule has 0 heterocycles. The first kappa shape index (κ1) is 15.0. The molecule has 0 aromatic heterocycles. The minimum absolute atomic E-state index is 1.16. The summed E-state index contributed by atoms with van der Waals surface area (Å²) in [5.74, 6) is 0. The fourth-order valence-corrected chi connectivity index (χ4v) is 3.44. The minimum Gasteiger partial charge on any atom is -0.0724 e. The second-order valence-electron chi connectivity index (χ2n) is 6.89. The molecule has 1 aliphatic carbocycles. The molecule has 0 fully saturated rings. The van der Waals surface area contributed by atoms with Crippen LogP contribution in [0.4, 0.5) is 0 Å². The van der Waals surface area contributed by atoms with Crippen molar-refractivity contribution in [3.8, 4) is 0 Å². The summed E-state index contributed by atoms with van der Waals surface area (Å²) in [5.41, 5.74) is 8.18. The molecule has 3 aromatic carbocycles. The monoisotopic (exact) mass is 310 g/mol. The van der Waals surface area contributed by atoms with Gasteiger partial charge in [-0.2, -0.15) is 0 Å². The van der Waals surface area contributed by atoms with Crippen LogP contribution in [0.5, 0.6) is 0 Å². The predicted molar refractivity (Wildman–Crippen MR) is 106 cm³/mol. The number of hydrogen-bond acceptors (Lipinski definition) is 0. The third-order valence-corrected chi connectivity index (χ3v) is 4.85. The van der Waals surface area contributed by atoms with Gasteiger partial charge in [-0.3, -0.25) is 0 Å². The van der Waals surface area contributed by atoms with Crippen molar-refractivity contribution in [2.75, 3.05) is 0 Å². The van der Waals surface area contributed by atoms with Crippen molar-refractivity contribution < 1.29 is 0 Å². The standard InChI is InChI=1S/C24H22/c1-17-3-9-23-15-19(7-11-21(23)13-17)5-6-20-8-12-22-14-18(2)4-10-24(22)16-20/h3,5-9,11-16H,4,10H2,1-2H3. The van der Waals surface area contributed by atoms with Gasteiger partial charge in [0.15, 0.2) is 0 Å². The van der Waals surface area contributed by atoms with Gasteiger partial charge in [0.25, 0.3) is 0 Å². The molecule has 0 nitrogen and oxygen atoms in total. The first-order chi connectivity index (χ1) is 11.7. The Kier molecular flexibility index (Phi) is 3.82. The molecule has 0 N–H and O–H groups in total. The number of aryl methyl sites for hydroxylation is 2. The van der Waals surface area contributed by atoms with Gasteiger partial charge in [0.05, 0.1) is 0 Å². The number of fused-ring (bicyclic) bond motifs is 2. The summed E-state index contributed by atoms with van der Waals surface area (Å²) < 4.78 is 0. The lowest BCUT2D eigenvalue weighted by molar-refractivity contribution is 0.927.